The number of aromatic amines is 1. The lowest BCUT2D eigenvalue weighted by Crippen LogP contribution is -1.72. The van der Waals surface area contributed by atoms with Crippen molar-refractivity contribution >= 4 is 12.2 Å². The Morgan fingerprint density at radius 2 is 2.50 bits per heavy atom. The highest BCUT2D eigenvalue weighted by Crippen LogP contribution is 2.06. The van der Waals surface area contributed by atoms with Gasteiger partial charge in [0.15, 0.2) is 0 Å². The Kier molecular flexibility index (Phi) is 2.05. The molecular weight excluding hydrogens is 124 g/mol. The summed E-state index contributed by atoms with van der Waals surface area (Å²) in [5.41, 5.74) is 2.05. The van der Waals surface area contributed by atoms with Crippen LogP contribution in [0.15, 0.2) is 18.9 Å². The zero-order chi connectivity index (χ0) is 7.40. The second kappa shape index (κ2) is 3.01. The van der Waals surface area contributed by atoms with Gasteiger partial charge in [0.05, 0.1) is 11.9 Å². The van der Waals surface area contributed by atoms with Crippen LogP contribution in [0.4, 0.5) is 0 Å². The molecule has 1 N–H and O–H groups in total. The third-order valence-corrected chi connectivity index (χ3v) is 1.25. The Hall–Kier alpha value is -1.31. The van der Waals surface area contributed by atoms with Crippen LogP contribution < -0.4 is 0 Å². The smallest absolute Gasteiger partial charge is 0.0644 e. The van der Waals surface area contributed by atoms with Gasteiger partial charge in [0.2, 0.25) is 0 Å². The van der Waals surface area contributed by atoms with Crippen molar-refractivity contribution in [1.82, 2.24) is 10.2 Å². The summed E-state index contributed by atoms with van der Waals surface area (Å²) in [7, 11) is 0. The number of rotatable bonds is 2. The fourth-order valence-electron chi connectivity index (χ4n) is 0.781. The molecule has 0 aromatic carbocycles. The molecular formula is C8H10N2. The topological polar surface area (TPSA) is 28.7 Å². The maximum atomic E-state index is 3.86. The van der Waals surface area contributed by atoms with E-state index in [4.69, 9.17) is 0 Å². The molecule has 0 spiro atoms. The van der Waals surface area contributed by atoms with Crippen molar-refractivity contribution in [1.29, 1.82) is 0 Å². The Bertz CT molecular complexity index is 246. The minimum Gasteiger partial charge on any atom is -0.278 e. The van der Waals surface area contributed by atoms with Crippen LogP contribution in [0.25, 0.3) is 12.2 Å². The van der Waals surface area contributed by atoms with Gasteiger partial charge in [-0.25, -0.2) is 0 Å². The van der Waals surface area contributed by atoms with Crippen LogP contribution in [0.1, 0.15) is 18.2 Å². The van der Waals surface area contributed by atoms with Gasteiger partial charge in [-0.2, -0.15) is 5.10 Å². The van der Waals surface area contributed by atoms with E-state index >= 15 is 0 Å². The van der Waals surface area contributed by atoms with Crippen molar-refractivity contribution in [2.24, 2.45) is 0 Å². The number of hydrogen-bond acceptors (Lipinski definition) is 1. The Balaban J connectivity index is 3.00. The van der Waals surface area contributed by atoms with Crippen LogP contribution in [-0.4, -0.2) is 10.2 Å². The van der Waals surface area contributed by atoms with E-state index in [9.17, 15) is 0 Å². The predicted molar refractivity (Wildman–Crippen MR) is 43.4 cm³/mol. The number of hydrogen-bond donors (Lipinski definition) is 1. The fraction of sp³-hybridized carbons (Fsp3) is 0.125. The summed E-state index contributed by atoms with van der Waals surface area (Å²) in [5.74, 6) is 0. The molecule has 52 valence electrons. The minimum absolute atomic E-state index is 0.970. The molecule has 1 rings (SSSR count). The summed E-state index contributed by atoms with van der Waals surface area (Å²) in [6.45, 7) is 5.61. The van der Waals surface area contributed by atoms with E-state index in [1.54, 1.807) is 12.3 Å². The number of nitrogens with one attached hydrogen (secondary N) is 1. The SMILES string of the molecule is C=Cc1[nH]ncc1/C=C\C. The minimum atomic E-state index is 0.970. The van der Waals surface area contributed by atoms with Crippen LogP contribution in [0.2, 0.25) is 0 Å². The van der Waals surface area contributed by atoms with Crippen LogP contribution in [0.3, 0.4) is 0 Å². The van der Waals surface area contributed by atoms with E-state index in [1.165, 1.54) is 0 Å². The summed E-state index contributed by atoms with van der Waals surface area (Å²) >= 11 is 0. The molecule has 0 fully saturated rings. The molecule has 0 amide bonds. The standard InChI is InChI=1S/C8H10N2/c1-3-5-7-6-9-10-8(7)4-2/h3-6H,2H2,1H3,(H,9,10)/b5-3-. The first kappa shape index (κ1) is 6.81. The van der Waals surface area contributed by atoms with Gasteiger partial charge in [0.1, 0.15) is 0 Å². The highest BCUT2D eigenvalue weighted by atomic mass is 15.1. The molecule has 0 bridgehead atoms. The quantitative estimate of drug-likeness (QED) is 0.659. The fourth-order valence-corrected chi connectivity index (χ4v) is 0.781. The summed E-state index contributed by atoms with van der Waals surface area (Å²) in [6, 6.07) is 0. The number of nitrogens with zero attached hydrogens (tertiary/aromatic N) is 1. The lowest BCUT2D eigenvalue weighted by Gasteiger charge is -1.85. The molecule has 0 aliphatic rings. The lowest BCUT2D eigenvalue weighted by atomic mass is 10.2. The van der Waals surface area contributed by atoms with Gasteiger partial charge in [-0.15, -0.1) is 0 Å². The average Bonchev–Trinajstić information content (AvgIpc) is 2.36. The summed E-state index contributed by atoms with van der Waals surface area (Å²) < 4.78 is 0. The molecule has 0 saturated carbocycles. The number of H-pyrrole nitrogens is 1. The van der Waals surface area contributed by atoms with Gasteiger partial charge in [-0.1, -0.05) is 18.7 Å². The molecule has 0 aliphatic carbocycles. The average molecular weight is 134 g/mol. The third kappa shape index (κ3) is 1.16. The summed E-state index contributed by atoms with van der Waals surface area (Å²) in [6.07, 6.45) is 7.48. The van der Waals surface area contributed by atoms with Crippen molar-refractivity contribution in [3.05, 3.63) is 30.1 Å². The first-order valence-electron chi connectivity index (χ1n) is 3.17. The second-order valence-electron chi connectivity index (χ2n) is 1.94. The van der Waals surface area contributed by atoms with Crippen molar-refractivity contribution in [2.45, 2.75) is 6.92 Å². The summed E-state index contributed by atoms with van der Waals surface area (Å²) in [4.78, 5) is 0. The van der Waals surface area contributed by atoms with Crippen molar-refractivity contribution in [3.8, 4) is 0 Å². The molecule has 1 aromatic heterocycles. The van der Waals surface area contributed by atoms with Gasteiger partial charge in [0, 0.05) is 5.56 Å². The van der Waals surface area contributed by atoms with Crippen LogP contribution >= 0.6 is 0 Å². The first-order valence-corrected chi connectivity index (χ1v) is 3.17. The third-order valence-electron chi connectivity index (χ3n) is 1.25. The Morgan fingerprint density at radius 3 is 3.10 bits per heavy atom. The van der Waals surface area contributed by atoms with Crippen molar-refractivity contribution in [2.75, 3.05) is 0 Å². The monoisotopic (exact) mass is 134 g/mol. The highest BCUT2D eigenvalue weighted by Gasteiger charge is 1.93. The zero-order valence-electron chi connectivity index (χ0n) is 5.96. The molecule has 0 radical (unpaired) electrons. The largest absolute Gasteiger partial charge is 0.278 e. The van der Waals surface area contributed by atoms with Crippen LogP contribution in [-0.2, 0) is 0 Å². The van der Waals surface area contributed by atoms with Crippen LogP contribution in [0, 0.1) is 0 Å². The van der Waals surface area contributed by atoms with Gasteiger partial charge in [-0.3, -0.25) is 5.10 Å². The van der Waals surface area contributed by atoms with Gasteiger partial charge < -0.3 is 0 Å². The number of aromatic nitrogens is 2. The van der Waals surface area contributed by atoms with Gasteiger partial charge in [-0.05, 0) is 13.0 Å². The molecule has 1 aromatic rings. The Labute approximate surface area is 60.3 Å². The number of allylic oxidation sites excluding steroid dienone is 1. The van der Waals surface area contributed by atoms with Crippen molar-refractivity contribution in [3.63, 3.8) is 0 Å². The molecule has 0 atom stereocenters. The molecule has 0 unspecified atom stereocenters. The lowest BCUT2D eigenvalue weighted by molar-refractivity contribution is 1.08. The van der Waals surface area contributed by atoms with Crippen molar-refractivity contribution < 1.29 is 0 Å². The van der Waals surface area contributed by atoms with Gasteiger partial charge >= 0.3 is 0 Å². The summed E-state index contributed by atoms with van der Waals surface area (Å²) in [5, 5.41) is 6.68. The maximum absolute atomic E-state index is 3.86. The maximum Gasteiger partial charge on any atom is 0.0644 e. The molecule has 2 nitrogen and oxygen atoms in total. The molecule has 0 aliphatic heterocycles. The zero-order valence-corrected chi connectivity index (χ0v) is 5.96. The molecule has 10 heavy (non-hydrogen) atoms. The second-order valence-corrected chi connectivity index (χ2v) is 1.94. The van der Waals surface area contributed by atoms with E-state index < -0.39 is 0 Å². The molecule has 0 saturated heterocycles. The van der Waals surface area contributed by atoms with E-state index in [-0.39, 0.29) is 0 Å². The normalized spacial score (nSPS) is 10.5. The van der Waals surface area contributed by atoms with E-state index in [0.717, 1.165) is 11.3 Å². The van der Waals surface area contributed by atoms with Crippen LogP contribution in [0.5, 0.6) is 0 Å². The Morgan fingerprint density at radius 1 is 1.70 bits per heavy atom. The van der Waals surface area contributed by atoms with Gasteiger partial charge in [0.25, 0.3) is 0 Å². The van der Waals surface area contributed by atoms with E-state index in [1.807, 2.05) is 19.1 Å². The van der Waals surface area contributed by atoms with E-state index in [2.05, 4.69) is 16.8 Å². The highest BCUT2D eigenvalue weighted by molar-refractivity contribution is 5.60. The molecule has 2 heteroatoms. The van der Waals surface area contributed by atoms with E-state index in [0.29, 0.717) is 0 Å². The predicted octanol–water partition coefficient (Wildman–Crippen LogP) is 2.09. The molecule has 1 heterocycles. The first-order chi connectivity index (χ1) is 4.88.